The second kappa shape index (κ2) is 11.0. The molecule has 0 saturated carbocycles. The number of benzene rings is 1. The van der Waals surface area contributed by atoms with E-state index >= 15 is 0 Å². The number of piperidine rings is 1. The number of hydrogen-bond donors (Lipinski definition) is 2. The number of ether oxygens (including phenoxy) is 1. The van der Waals surface area contributed by atoms with Crippen LogP contribution in [0.25, 0.3) is 0 Å². The van der Waals surface area contributed by atoms with Crippen molar-refractivity contribution in [2.45, 2.75) is 44.5 Å². The van der Waals surface area contributed by atoms with Gasteiger partial charge in [0.25, 0.3) is 5.91 Å². The molecule has 2 heterocycles. The molecule has 1 aromatic carbocycles. The fourth-order valence-electron chi connectivity index (χ4n) is 3.36. The molecule has 2 saturated heterocycles. The molecule has 5 nitrogen and oxygen atoms in total. The number of morpholine rings is 1. The third kappa shape index (κ3) is 6.42. The van der Waals surface area contributed by atoms with Crippen LogP contribution >= 0.6 is 24.8 Å². The molecular weight excluding hydrogens is 361 g/mol. The Kier molecular flexibility index (Phi) is 9.75. The van der Waals surface area contributed by atoms with E-state index in [2.05, 4.69) is 46.7 Å². The molecule has 1 aromatic rings. The van der Waals surface area contributed by atoms with Crippen molar-refractivity contribution in [3.8, 4) is 0 Å². The highest BCUT2D eigenvalue weighted by Crippen LogP contribution is 2.13. The molecule has 3 atom stereocenters. The maximum absolute atomic E-state index is 12.5. The highest BCUT2D eigenvalue weighted by molar-refractivity contribution is 5.85. The van der Waals surface area contributed by atoms with E-state index < -0.39 is 0 Å². The smallest absolute Gasteiger partial charge is 0.250 e. The third-order valence-electron chi connectivity index (χ3n) is 4.78. The Labute approximate surface area is 162 Å². The van der Waals surface area contributed by atoms with Gasteiger partial charge >= 0.3 is 0 Å². The number of rotatable bonds is 4. The Balaban J connectivity index is 0.00000156. The predicted molar refractivity (Wildman–Crippen MR) is 105 cm³/mol. The Morgan fingerprint density at radius 2 is 2.08 bits per heavy atom. The van der Waals surface area contributed by atoms with E-state index in [-0.39, 0.29) is 42.9 Å². The Morgan fingerprint density at radius 1 is 1.32 bits per heavy atom. The molecule has 2 fully saturated rings. The molecule has 0 aromatic heterocycles. The van der Waals surface area contributed by atoms with Gasteiger partial charge in [-0.2, -0.15) is 0 Å². The number of nitrogens with one attached hydrogen (secondary N) is 2. The fraction of sp³-hybridized carbons (Fsp3) is 0.611. The quantitative estimate of drug-likeness (QED) is 0.826. The second-order valence-electron chi connectivity index (χ2n) is 6.58. The van der Waals surface area contributed by atoms with Crippen molar-refractivity contribution < 1.29 is 9.53 Å². The molecule has 7 heteroatoms. The van der Waals surface area contributed by atoms with E-state index in [9.17, 15) is 4.79 Å². The van der Waals surface area contributed by atoms with Crippen molar-refractivity contribution in [1.82, 2.24) is 15.5 Å². The number of carbonyl (C=O) groups excluding carboxylic acids is 1. The number of nitrogens with zero attached hydrogens (tertiary/aromatic N) is 1. The lowest BCUT2D eigenvalue weighted by Crippen LogP contribution is -2.56. The topological polar surface area (TPSA) is 53.6 Å². The van der Waals surface area contributed by atoms with Crippen LogP contribution in [0.15, 0.2) is 30.3 Å². The second-order valence-corrected chi connectivity index (χ2v) is 6.58. The number of hydrogen-bond acceptors (Lipinski definition) is 4. The number of carbonyl (C=O) groups is 1. The first kappa shape index (κ1) is 22.2. The van der Waals surface area contributed by atoms with Crippen molar-refractivity contribution >= 4 is 30.7 Å². The Morgan fingerprint density at radius 3 is 2.80 bits per heavy atom. The van der Waals surface area contributed by atoms with Crippen LogP contribution in [0.3, 0.4) is 0 Å². The van der Waals surface area contributed by atoms with Crippen molar-refractivity contribution in [1.29, 1.82) is 0 Å². The fourth-order valence-corrected chi connectivity index (χ4v) is 3.36. The average molecular weight is 390 g/mol. The van der Waals surface area contributed by atoms with Crippen molar-refractivity contribution in [3.63, 3.8) is 0 Å². The van der Waals surface area contributed by atoms with Crippen LogP contribution in [0.1, 0.15) is 25.3 Å². The van der Waals surface area contributed by atoms with Gasteiger partial charge in [-0.3, -0.25) is 9.69 Å². The third-order valence-corrected chi connectivity index (χ3v) is 4.78. The summed E-state index contributed by atoms with van der Waals surface area (Å²) in [6, 6.07) is 10.9. The predicted octanol–water partition coefficient (Wildman–Crippen LogP) is 1.99. The summed E-state index contributed by atoms with van der Waals surface area (Å²) in [7, 11) is 0. The molecule has 0 radical (unpaired) electrons. The van der Waals surface area contributed by atoms with Gasteiger partial charge in [-0.05, 0) is 31.9 Å². The zero-order valence-electron chi connectivity index (χ0n) is 14.6. The molecule has 0 aliphatic carbocycles. The largest absolute Gasteiger partial charge is 0.366 e. The minimum absolute atomic E-state index is 0. The minimum Gasteiger partial charge on any atom is -0.366 e. The Bertz CT molecular complexity index is 518. The monoisotopic (exact) mass is 389 g/mol. The van der Waals surface area contributed by atoms with Gasteiger partial charge in [-0.1, -0.05) is 30.3 Å². The molecule has 25 heavy (non-hydrogen) atoms. The molecule has 1 amide bonds. The van der Waals surface area contributed by atoms with Crippen LogP contribution < -0.4 is 10.6 Å². The molecule has 142 valence electrons. The highest BCUT2D eigenvalue weighted by Gasteiger charge is 2.30. The van der Waals surface area contributed by atoms with Crippen LogP contribution in [-0.4, -0.2) is 55.2 Å². The summed E-state index contributed by atoms with van der Waals surface area (Å²) in [6.07, 6.45) is 1.79. The van der Waals surface area contributed by atoms with E-state index in [1.54, 1.807) is 0 Å². The minimum atomic E-state index is -0.360. The summed E-state index contributed by atoms with van der Waals surface area (Å²) in [5, 5.41) is 6.59. The zero-order valence-corrected chi connectivity index (χ0v) is 16.3. The lowest BCUT2D eigenvalue weighted by atomic mass is 9.99. The molecule has 0 spiro atoms. The van der Waals surface area contributed by atoms with E-state index in [0.29, 0.717) is 19.2 Å². The maximum Gasteiger partial charge on any atom is 0.250 e. The van der Waals surface area contributed by atoms with E-state index in [1.165, 1.54) is 5.56 Å². The summed E-state index contributed by atoms with van der Waals surface area (Å²) in [6.45, 7) is 6.19. The highest BCUT2D eigenvalue weighted by atomic mass is 35.5. The Hall–Kier alpha value is -0.850. The lowest BCUT2D eigenvalue weighted by Gasteiger charge is -2.35. The number of amides is 1. The molecule has 2 aliphatic rings. The summed E-state index contributed by atoms with van der Waals surface area (Å²) >= 11 is 0. The van der Waals surface area contributed by atoms with E-state index in [1.807, 2.05) is 6.07 Å². The van der Waals surface area contributed by atoms with Gasteiger partial charge in [0.2, 0.25) is 0 Å². The van der Waals surface area contributed by atoms with Gasteiger partial charge in [-0.25, -0.2) is 0 Å². The first-order valence-electron chi connectivity index (χ1n) is 8.64. The van der Waals surface area contributed by atoms with Crippen molar-refractivity contribution in [2.24, 2.45) is 0 Å². The molecular formula is C18H29Cl2N3O2. The molecule has 3 rings (SSSR count). The first-order valence-corrected chi connectivity index (χ1v) is 8.64. The van der Waals surface area contributed by atoms with Crippen molar-refractivity contribution in [3.05, 3.63) is 35.9 Å². The van der Waals surface area contributed by atoms with Gasteiger partial charge in [0.15, 0.2) is 0 Å². The maximum atomic E-state index is 12.5. The average Bonchev–Trinajstić information content (AvgIpc) is 2.58. The van der Waals surface area contributed by atoms with Gasteiger partial charge in [-0.15, -0.1) is 24.8 Å². The van der Waals surface area contributed by atoms with Gasteiger partial charge in [0.05, 0.1) is 6.61 Å². The molecule has 0 bridgehead atoms. The SMILES string of the molecule is CC1NCCCC1NC(=O)C1CN(Cc2ccccc2)CCO1.Cl.Cl. The lowest BCUT2D eigenvalue weighted by molar-refractivity contribution is -0.139. The van der Waals surface area contributed by atoms with Crippen LogP contribution in [-0.2, 0) is 16.1 Å². The summed E-state index contributed by atoms with van der Waals surface area (Å²) in [5.74, 6) is 0.0308. The van der Waals surface area contributed by atoms with Gasteiger partial charge in [0, 0.05) is 31.7 Å². The standard InChI is InChI=1S/C18H27N3O2.2ClH/c1-14-16(8-5-9-19-14)20-18(22)17-13-21(10-11-23-17)12-15-6-3-2-4-7-15;;/h2-4,6-7,14,16-17,19H,5,8-13H2,1H3,(H,20,22);2*1H. The molecule has 2 N–H and O–H groups in total. The van der Waals surface area contributed by atoms with Crippen LogP contribution in [0, 0.1) is 0 Å². The van der Waals surface area contributed by atoms with Crippen molar-refractivity contribution in [2.75, 3.05) is 26.2 Å². The summed E-state index contributed by atoms with van der Waals surface area (Å²) < 4.78 is 5.71. The summed E-state index contributed by atoms with van der Waals surface area (Å²) in [5.41, 5.74) is 1.28. The van der Waals surface area contributed by atoms with E-state index in [0.717, 1.165) is 32.5 Å². The van der Waals surface area contributed by atoms with E-state index in [4.69, 9.17) is 4.74 Å². The summed E-state index contributed by atoms with van der Waals surface area (Å²) in [4.78, 5) is 14.8. The van der Waals surface area contributed by atoms with Gasteiger partial charge in [0.1, 0.15) is 6.10 Å². The van der Waals surface area contributed by atoms with Crippen LogP contribution in [0.2, 0.25) is 0 Å². The zero-order chi connectivity index (χ0) is 16.1. The van der Waals surface area contributed by atoms with Crippen LogP contribution in [0.4, 0.5) is 0 Å². The molecule has 2 aliphatic heterocycles. The van der Waals surface area contributed by atoms with Gasteiger partial charge < -0.3 is 15.4 Å². The normalized spacial score (nSPS) is 26.8. The number of halogens is 2. The van der Waals surface area contributed by atoms with Crippen LogP contribution in [0.5, 0.6) is 0 Å². The first-order chi connectivity index (χ1) is 11.2. The molecule has 3 unspecified atom stereocenters.